The molecule has 1 unspecified atom stereocenters. The molecule has 0 amide bonds. The molecular formula is C20H15Cl2Ti. The first kappa shape index (κ1) is 17.1. The summed E-state index contributed by atoms with van der Waals surface area (Å²) in [5, 5.41) is 0. The first-order chi connectivity index (χ1) is 10.3. The van der Waals surface area contributed by atoms with Gasteiger partial charge in [-0.3, -0.25) is 0 Å². The van der Waals surface area contributed by atoms with E-state index in [0.29, 0.717) is 4.22 Å². The number of halogens is 2. The number of benzene rings is 2. The molecule has 3 heteroatoms. The molecule has 2 aromatic carbocycles. The van der Waals surface area contributed by atoms with E-state index in [1.807, 2.05) is 0 Å². The average Bonchev–Trinajstić information content (AvgIpc) is 3.08. The number of hydrogen-bond acceptors (Lipinski definition) is 0. The topological polar surface area (TPSA) is 0 Å². The Morgan fingerprint density at radius 1 is 0.913 bits per heavy atom. The van der Waals surface area contributed by atoms with E-state index >= 15 is 0 Å². The van der Waals surface area contributed by atoms with Crippen molar-refractivity contribution in [2.75, 3.05) is 0 Å². The molecule has 0 radical (unpaired) electrons. The molecule has 0 bridgehead atoms. The molecule has 0 fully saturated rings. The molecule has 113 valence electrons. The molecule has 1 atom stereocenters. The number of rotatable bonds is 1. The van der Waals surface area contributed by atoms with Crippen molar-refractivity contribution < 1.29 is 45.2 Å². The number of fused-ring (bicyclic) bond motifs is 5. The van der Waals surface area contributed by atoms with E-state index in [2.05, 4.69) is 69.0 Å². The second-order valence-electron chi connectivity index (χ2n) is 6.19. The van der Waals surface area contributed by atoms with Gasteiger partial charge in [0.15, 0.2) is 0 Å². The van der Waals surface area contributed by atoms with Gasteiger partial charge in [-0.15, -0.1) is 0 Å². The maximum atomic E-state index is 2.48. The standard InChI is InChI=1S/C20H15.2ClH.Ti/c1-2-6-13(5-1)18-12-20-15-8-4-3-7-14(15)11-19(20)17-10-9-16(17)18;;;/h1-5,7-8,11-12H,6,9-10H2;2*1H;/q;;;+2/p-2. The molecule has 0 spiro atoms. The van der Waals surface area contributed by atoms with Crippen molar-refractivity contribution in [2.24, 2.45) is 0 Å². The second-order valence-corrected chi connectivity index (χ2v) is 7.09. The molecule has 0 aromatic heterocycles. The Labute approximate surface area is 161 Å². The fraction of sp³-hybridized carbons (Fsp3) is 0.200. The summed E-state index contributed by atoms with van der Waals surface area (Å²) in [6.07, 6.45) is 10.4. The fourth-order valence-electron chi connectivity index (χ4n) is 4.08. The van der Waals surface area contributed by atoms with Crippen LogP contribution in [0.2, 0.25) is 0 Å². The molecule has 23 heavy (non-hydrogen) atoms. The quantitative estimate of drug-likeness (QED) is 0.548. The molecule has 0 saturated heterocycles. The molecule has 5 rings (SSSR count). The molecule has 0 saturated carbocycles. The SMILES string of the molecule is [Cl-].[Cl-].[Ti+2][CH]1c2ccccc2-c2cc(C3=CC=CC3)c3c(c21)CC3. The maximum absolute atomic E-state index is 2.48. The van der Waals surface area contributed by atoms with Gasteiger partial charge >= 0.3 is 137 Å². The zero-order valence-corrected chi connectivity index (χ0v) is 15.6. The summed E-state index contributed by atoms with van der Waals surface area (Å²) in [5.74, 6) is 0. The minimum atomic E-state index is 0. The predicted molar refractivity (Wildman–Crippen MR) is 82.9 cm³/mol. The van der Waals surface area contributed by atoms with Gasteiger partial charge in [0.25, 0.3) is 0 Å². The first-order valence-corrected chi connectivity index (χ1v) is 8.60. The van der Waals surface area contributed by atoms with Gasteiger partial charge in [-0.1, -0.05) is 0 Å². The minimum absolute atomic E-state index is 0. The normalized spacial score (nSPS) is 18.9. The molecule has 3 aliphatic rings. The summed E-state index contributed by atoms with van der Waals surface area (Å²) in [4.78, 5) is 0. The summed E-state index contributed by atoms with van der Waals surface area (Å²) in [7, 11) is 0. The van der Waals surface area contributed by atoms with Crippen LogP contribution in [0.3, 0.4) is 0 Å². The van der Waals surface area contributed by atoms with Crippen molar-refractivity contribution in [3.05, 3.63) is 76.4 Å². The molecule has 0 N–H and O–H groups in total. The van der Waals surface area contributed by atoms with Crippen molar-refractivity contribution in [2.45, 2.75) is 23.5 Å². The average molecular weight is 374 g/mol. The van der Waals surface area contributed by atoms with Crippen LogP contribution in [0.4, 0.5) is 0 Å². The third kappa shape index (κ3) is 2.31. The fourth-order valence-corrected chi connectivity index (χ4v) is 4.98. The molecule has 0 heterocycles. The van der Waals surface area contributed by atoms with E-state index in [1.54, 1.807) is 16.7 Å². The van der Waals surface area contributed by atoms with Gasteiger partial charge < -0.3 is 24.8 Å². The number of allylic oxidation sites excluding steroid dienone is 4. The Morgan fingerprint density at radius 3 is 2.39 bits per heavy atom. The monoisotopic (exact) mass is 373 g/mol. The van der Waals surface area contributed by atoms with Crippen LogP contribution in [0.15, 0.2) is 48.6 Å². The summed E-state index contributed by atoms with van der Waals surface area (Å²) in [6.45, 7) is 0. The summed E-state index contributed by atoms with van der Waals surface area (Å²) < 4.78 is 0.565. The van der Waals surface area contributed by atoms with Crippen molar-refractivity contribution in [1.82, 2.24) is 0 Å². The van der Waals surface area contributed by atoms with Gasteiger partial charge in [0.05, 0.1) is 0 Å². The van der Waals surface area contributed by atoms with Gasteiger partial charge in [0, 0.05) is 0 Å². The molecule has 0 aliphatic heterocycles. The van der Waals surface area contributed by atoms with Gasteiger partial charge in [0.2, 0.25) is 0 Å². The third-order valence-electron chi connectivity index (χ3n) is 5.19. The van der Waals surface area contributed by atoms with E-state index in [9.17, 15) is 0 Å². The molecular weight excluding hydrogens is 359 g/mol. The van der Waals surface area contributed by atoms with E-state index in [4.69, 9.17) is 0 Å². The predicted octanol–water partition coefficient (Wildman–Crippen LogP) is -1.25. The second kappa shape index (κ2) is 6.26. The van der Waals surface area contributed by atoms with Crippen LogP contribution in [0.25, 0.3) is 16.7 Å². The van der Waals surface area contributed by atoms with Gasteiger partial charge in [-0.05, 0) is 0 Å². The van der Waals surface area contributed by atoms with Crippen molar-refractivity contribution in [1.29, 1.82) is 0 Å². The Kier molecular flexibility index (Phi) is 4.64. The van der Waals surface area contributed by atoms with E-state index < -0.39 is 0 Å². The van der Waals surface area contributed by atoms with Crippen molar-refractivity contribution in [3.8, 4) is 11.1 Å². The van der Waals surface area contributed by atoms with Crippen molar-refractivity contribution >= 4 is 5.57 Å². The van der Waals surface area contributed by atoms with Crippen LogP contribution in [-0.4, -0.2) is 0 Å². The van der Waals surface area contributed by atoms with E-state index in [-0.39, 0.29) is 24.8 Å². The Bertz CT molecular complexity index is 849. The van der Waals surface area contributed by atoms with Crippen molar-refractivity contribution in [3.63, 3.8) is 0 Å². The van der Waals surface area contributed by atoms with Crippen LogP contribution in [-0.2, 0) is 33.3 Å². The zero-order chi connectivity index (χ0) is 14.0. The van der Waals surface area contributed by atoms with Gasteiger partial charge in [0.1, 0.15) is 0 Å². The van der Waals surface area contributed by atoms with Crippen LogP contribution in [0.5, 0.6) is 0 Å². The van der Waals surface area contributed by atoms with Gasteiger partial charge in [-0.2, -0.15) is 0 Å². The Morgan fingerprint density at radius 2 is 1.70 bits per heavy atom. The number of hydrogen-bond donors (Lipinski definition) is 0. The Hall–Kier alpha value is -0.786. The Balaban J connectivity index is 0.000000781. The van der Waals surface area contributed by atoms with Crippen LogP contribution in [0.1, 0.15) is 38.5 Å². The van der Waals surface area contributed by atoms with E-state index in [1.165, 1.54) is 40.7 Å². The first-order valence-electron chi connectivity index (χ1n) is 7.69. The molecule has 0 nitrogen and oxygen atoms in total. The molecule has 2 aromatic rings. The summed E-state index contributed by atoms with van der Waals surface area (Å²) >= 11 is 2.37. The van der Waals surface area contributed by atoms with Crippen LogP contribution >= 0.6 is 0 Å². The summed E-state index contributed by atoms with van der Waals surface area (Å²) in [5.41, 5.74) is 12.4. The zero-order valence-electron chi connectivity index (χ0n) is 12.6. The molecule has 3 aliphatic carbocycles. The summed E-state index contributed by atoms with van der Waals surface area (Å²) in [6, 6.07) is 11.4. The third-order valence-corrected chi connectivity index (χ3v) is 6.12. The van der Waals surface area contributed by atoms with Crippen LogP contribution < -0.4 is 24.8 Å². The van der Waals surface area contributed by atoms with Crippen LogP contribution in [0, 0.1) is 0 Å². The van der Waals surface area contributed by atoms with E-state index in [0.717, 1.165) is 6.42 Å². The van der Waals surface area contributed by atoms with Gasteiger partial charge in [-0.25, -0.2) is 0 Å².